The largest absolute Gasteiger partial charge is 0.469 e. The lowest BCUT2D eigenvalue weighted by atomic mass is 9.94. The molecule has 0 aromatic heterocycles. The normalized spacial score (nSPS) is 11.9. The number of esters is 1. The second-order valence-electron chi connectivity index (χ2n) is 6.37. The van der Waals surface area contributed by atoms with Gasteiger partial charge in [0, 0.05) is 13.0 Å². The summed E-state index contributed by atoms with van der Waals surface area (Å²) in [6, 6.07) is 3.70. The fraction of sp³-hybridized carbons (Fsp3) is 0.579. The van der Waals surface area contributed by atoms with Gasteiger partial charge in [0.1, 0.15) is 0 Å². The number of nitrogens with two attached hydrogens (primary N) is 1. The van der Waals surface area contributed by atoms with Crippen LogP contribution in [0, 0.1) is 20.8 Å². The number of benzene rings is 1. The molecule has 0 spiro atoms. The topological polar surface area (TPSA) is 81.4 Å². The van der Waals surface area contributed by atoms with Crippen molar-refractivity contribution in [2.45, 2.75) is 58.9 Å². The van der Waals surface area contributed by atoms with Crippen molar-refractivity contribution in [3.8, 4) is 0 Å². The van der Waals surface area contributed by atoms with Crippen molar-refractivity contribution < 1.29 is 14.3 Å². The van der Waals surface area contributed by atoms with Crippen molar-refractivity contribution in [3.63, 3.8) is 0 Å². The predicted molar refractivity (Wildman–Crippen MR) is 95.8 cm³/mol. The van der Waals surface area contributed by atoms with Crippen LogP contribution in [0.3, 0.4) is 0 Å². The lowest BCUT2D eigenvalue weighted by Crippen LogP contribution is -2.42. The number of carbonyl (C=O) groups excluding carboxylic acids is 2. The second kappa shape index (κ2) is 10.1. The highest BCUT2D eigenvalue weighted by Crippen LogP contribution is 2.17. The number of amides is 1. The minimum absolute atomic E-state index is 0.123. The van der Waals surface area contributed by atoms with Gasteiger partial charge in [0.25, 0.3) is 0 Å². The maximum absolute atomic E-state index is 12.1. The highest BCUT2D eigenvalue weighted by atomic mass is 16.5. The SMILES string of the molecule is COC(=O)CCCCCNC(=O)[C@@H](N)Cc1c(C)cc(C)cc1C. The van der Waals surface area contributed by atoms with Crippen molar-refractivity contribution in [1.29, 1.82) is 0 Å². The molecular formula is C19H30N2O3. The summed E-state index contributed by atoms with van der Waals surface area (Å²) in [5.74, 6) is -0.313. The Morgan fingerprint density at radius 3 is 2.33 bits per heavy atom. The van der Waals surface area contributed by atoms with E-state index in [-0.39, 0.29) is 11.9 Å². The summed E-state index contributed by atoms with van der Waals surface area (Å²) in [6.45, 7) is 6.76. The van der Waals surface area contributed by atoms with Crippen molar-refractivity contribution in [3.05, 3.63) is 34.4 Å². The third kappa shape index (κ3) is 6.71. The molecule has 0 aliphatic carbocycles. The lowest BCUT2D eigenvalue weighted by molar-refractivity contribution is -0.140. The Hall–Kier alpha value is -1.88. The lowest BCUT2D eigenvalue weighted by Gasteiger charge is -2.16. The number of hydrogen-bond donors (Lipinski definition) is 2. The predicted octanol–water partition coefficient (Wildman–Crippen LogP) is 2.33. The van der Waals surface area contributed by atoms with E-state index in [0.29, 0.717) is 19.4 Å². The van der Waals surface area contributed by atoms with Crippen LogP contribution in [0.25, 0.3) is 0 Å². The van der Waals surface area contributed by atoms with Crippen molar-refractivity contribution in [1.82, 2.24) is 5.32 Å². The molecule has 3 N–H and O–H groups in total. The van der Waals surface area contributed by atoms with Gasteiger partial charge in [-0.15, -0.1) is 0 Å². The minimum Gasteiger partial charge on any atom is -0.469 e. The van der Waals surface area contributed by atoms with Gasteiger partial charge in [-0.3, -0.25) is 9.59 Å². The summed E-state index contributed by atoms with van der Waals surface area (Å²) in [5, 5.41) is 2.87. The third-order valence-corrected chi connectivity index (χ3v) is 4.19. The monoisotopic (exact) mass is 334 g/mol. The van der Waals surface area contributed by atoms with Crippen LogP contribution in [0.15, 0.2) is 12.1 Å². The van der Waals surface area contributed by atoms with E-state index >= 15 is 0 Å². The zero-order valence-electron chi connectivity index (χ0n) is 15.3. The molecular weight excluding hydrogens is 304 g/mol. The molecule has 0 radical (unpaired) electrons. The number of methoxy groups -OCH3 is 1. The first-order valence-electron chi connectivity index (χ1n) is 8.52. The van der Waals surface area contributed by atoms with Crippen LogP contribution in [-0.4, -0.2) is 31.6 Å². The molecule has 0 unspecified atom stereocenters. The molecule has 134 valence electrons. The molecule has 1 aromatic rings. The number of nitrogens with one attached hydrogen (secondary N) is 1. The fourth-order valence-corrected chi connectivity index (χ4v) is 2.86. The molecule has 0 aliphatic heterocycles. The zero-order valence-corrected chi connectivity index (χ0v) is 15.3. The van der Waals surface area contributed by atoms with E-state index in [1.165, 1.54) is 23.8 Å². The van der Waals surface area contributed by atoms with Gasteiger partial charge in [0.2, 0.25) is 5.91 Å². The van der Waals surface area contributed by atoms with Crippen molar-refractivity contribution in [2.75, 3.05) is 13.7 Å². The van der Waals surface area contributed by atoms with E-state index in [9.17, 15) is 9.59 Å². The van der Waals surface area contributed by atoms with Crippen LogP contribution >= 0.6 is 0 Å². The number of carbonyl (C=O) groups is 2. The first kappa shape index (κ1) is 20.2. The molecule has 5 nitrogen and oxygen atoms in total. The van der Waals surface area contributed by atoms with E-state index in [4.69, 9.17) is 5.73 Å². The van der Waals surface area contributed by atoms with Crippen molar-refractivity contribution in [2.24, 2.45) is 5.73 Å². The Morgan fingerprint density at radius 2 is 1.75 bits per heavy atom. The van der Waals surface area contributed by atoms with Gasteiger partial charge in [-0.1, -0.05) is 24.1 Å². The number of hydrogen-bond acceptors (Lipinski definition) is 4. The van der Waals surface area contributed by atoms with Gasteiger partial charge in [0.05, 0.1) is 13.2 Å². The Bertz CT molecular complexity index is 547. The van der Waals surface area contributed by atoms with Crippen molar-refractivity contribution >= 4 is 11.9 Å². The van der Waals surface area contributed by atoms with E-state index in [0.717, 1.165) is 24.8 Å². The van der Waals surface area contributed by atoms with E-state index < -0.39 is 6.04 Å². The van der Waals surface area contributed by atoms with Gasteiger partial charge in [-0.25, -0.2) is 0 Å². The molecule has 1 rings (SSSR count). The van der Waals surface area contributed by atoms with Gasteiger partial charge >= 0.3 is 5.97 Å². The summed E-state index contributed by atoms with van der Waals surface area (Å²) in [6.07, 6.45) is 3.46. The summed E-state index contributed by atoms with van der Waals surface area (Å²) >= 11 is 0. The summed E-state index contributed by atoms with van der Waals surface area (Å²) in [4.78, 5) is 23.1. The average Bonchev–Trinajstić information content (AvgIpc) is 2.53. The maximum Gasteiger partial charge on any atom is 0.305 e. The standard InChI is InChI=1S/C19H30N2O3/c1-13-10-14(2)16(15(3)11-13)12-17(20)19(23)21-9-7-5-6-8-18(22)24-4/h10-11,17H,5-9,12,20H2,1-4H3,(H,21,23)/t17-/m0/s1. The van der Waals surface area contributed by atoms with Crippen LogP contribution < -0.4 is 11.1 Å². The number of unbranched alkanes of at least 4 members (excludes halogenated alkanes) is 2. The highest BCUT2D eigenvalue weighted by Gasteiger charge is 2.16. The summed E-state index contributed by atoms with van der Waals surface area (Å²) < 4.78 is 4.58. The number of rotatable bonds is 9. The smallest absolute Gasteiger partial charge is 0.305 e. The summed E-state index contributed by atoms with van der Waals surface area (Å²) in [5.41, 5.74) is 10.8. The van der Waals surface area contributed by atoms with Crippen LogP contribution in [0.1, 0.15) is 47.9 Å². The zero-order chi connectivity index (χ0) is 18.1. The fourth-order valence-electron chi connectivity index (χ4n) is 2.86. The first-order valence-corrected chi connectivity index (χ1v) is 8.52. The van der Waals surface area contributed by atoms with Gasteiger partial charge in [-0.05, 0) is 56.7 Å². The summed E-state index contributed by atoms with van der Waals surface area (Å²) in [7, 11) is 1.39. The highest BCUT2D eigenvalue weighted by molar-refractivity contribution is 5.81. The molecule has 1 amide bonds. The molecule has 0 heterocycles. The molecule has 1 atom stereocenters. The van der Waals surface area contributed by atoms with Crippen LogP contribution in [0.5, 0.6) is 0 Å². The van der Waals surface area contributed by atoms with E-state index in [1.54, 1.807) is 0 Å². The second-order valence-corrected chi connectivity index (χ2v) is 6.37. The van der Waals surface area contributed by atoms with Crippen LogP contribution in [0.4, 0.5) is 0 Å². The minimum atomic E-state index is -0.542. The first-order chi connectivity index (χ1) is 11.3. The van der Waals surface area contributed by atoms with E-state index in [2.05, 4.69) is 43.0 Å². The number of ether oxygens (including phenoxy) is 1. The van der Waals surface area contributed by atoms with E-state index in [1.807, 2.05) is 0 Å². The quantitative estimate of drug-likeness (QED) is 0.536. The number of aryl methyl sites for hydroxylation is 3. The van der Waals surface area contributed by atoms with Gasteiger partial charge in [-0.2, -0.15) is 0 Å². The van der Waals surface area contributed by atoms with Gasteiger partial charge < -0.3 is 15.8 Å². The maximum atomic E-state index is 12.1. The average molecular weight is 334 g/mol. The molecule has 0 aliphatic rings. The molecule has 24 heavy (non-hydrogen) atoms. The molecule has 1 aromatic carbocycles. The Kier molecular flexibility index (Phi) is 8.47. The third-order valence-electron chi connectivity index (χ3n) is 4.19. The van der Waals surface area contributed by atoms with Crippen LogP contribution in [0.2, 0.25) is 0 Å². The molecule has 5 heteroatoms. The molecule has 0 fully saturated rings. The van der Waals surface area contributed by atoms with Gasteiger partial charge in [0.15, 0.2) is 0 Å². The molecule has 0 bridgehead atoms. The molecule has 0 saturated heterocycles. The Morgan fingerprint density at radius 1 is 1.12 bits per heavy atom. The Labute approximate surface area is 145 Å². The molecule has 0 saturated carbocycles. The van der Waals surface area contributed by atoms with Crippen LogP contribution in [-0.2, 0) is 20.7 Å². The Balaban J connectivity index is 2.34.